The van der Waals surface area contributed by atoms with E-state index in [1.807, 2.05) is 12.1 Å². The van der Waals surface area contributed by atoms with Crippen molar-refractivity contribution in [2.24, 2.45) is 5.92 Å². The minimum atomic E-state index is 0.226. The van der Waals surface area contributed by atoms with Gasteiger partial charge < -0.3 is 5.11 Å². The van der Waals surface area contributed by atoms with Crippen LogP contribution in [0.2, 0.25) is 0 Å². The number of Topliss-reactive ketones (excluding diaryl/α,β-unsaturated/α-hetero) is 1. The highest BCUT2D eigenvalue weighted by molar-refractivity contribution is 5.82. The molecule has 0 saturated heterocycles. The fourth-order valence-corrected chi connectivity index (χ4v) is 1.73. The van der Waals surface area contributed by atoms with Crippen molar-refractivity contribution in [2.45, 2.75) is 19.3 Å². The maximum Gasteiger partial charge on any atom is 0.133 e. The standard InChI is InChI=1S/C11H12O2/c1-7(12)10-6-11(10)8-2-4-9(13)5-3-8/h2-5,10-11,13H,6H2,1H3. The molecule has 0 heterocycles. The van der Waals surface area contributed by atoms with Gasteiger partial charge in [-0.3, -0.25) is 4.79 Å². The average molecular weight is 176 g/mol. The van der Waals surface area contributed by atoms with Crippen LogP contribution in [0.1, 0.15) is 24.8 Å². The summed E-state index contributed by atoms with van der Waals surface area (Å²) in [7, 11) is 0. The molecule has 2 atom stereocenters. The highest BCUT2D eigenvalue weighted by Crippen LogP contribution is 2.47. The van der Waals surface area contributed by atoms with Gasteiger partial charge in [-0.2, -0.15) is 0 Å². The van der Waals surface area contributed by atoms with Gasteiger partial charge in [-0.05, 0) is 37.0 Å². The van der Waals surface area contributed by atoms with E-state index in [0.29, 0.717) is 5.92 Å². The second-order valence-electron chi connectivity index (χ2n) is 3.65. The van der Waals surface area contributed by atoms with E-state index in [-0.39, 0.29) is 17.5 Å². The van der Waals surface area contributed by atoms with Crippen molar-refractivity contribution in [2.75, 3.05) is 0 Å². The van der Waals surface area contributed by atoms with E-state index in [2.05, 4.69) is 0 Å². The Morgan fingerprint density at radius 2 is 2.00 bits per heavy atom. The van der Waals surface area contributed by atoms with Crippen LogP contribution in [-0.4, -0.2) is 10.9 Å². The van der Waals surface area contributed by atoms with Gasteiger partial charge >= 0.3 is 0 Å². The van der Waals surface area contributed by atoms with Crippen molar-refractivity contribution in [3.8, 4) is 5.75 Å². The van der Waals surface area contributed by atoms with E-state index < -0.39 is 0 Å². The van der Waals surface area contributed by atoms with Gasteiger partial charge in [0.2, 0.25) is 0 Å². The Morgan fingerprint density at radius 1 is 1.38 bits per heavy atom. The number of ketones is 1. The summed E-state index contributed by atoms with van der Waals surface area (Å²) < 4.78 is 0. The van der Waals surface area contributed by atoms with Gasteiger partial charge in [-0.15, -0.1) is 0 Å². The van der Waals surface area contributed by atoms with Gasteiger partial charge in [0.1, 0.15) is 11.5 Å². The number of aromatic hydroxyl groups is 1. The van der Waals surface area contributed by atoms with Crippen LogP contribution in [0.4, 0.5) is 0 Å². The lowest BCUT2D eigenvalue weighted by molar-refractivity contribution is -0.118. The number of carbonyl (C=O) groups is 1. The molecule has 2 heteroatoms. The van der Waals surface area contributed by atoms with Crippen LogP contribution < -0.4 is 0 Å². The van der Waals surface area contributed by atoms with Gasteiger partial charge in [0.05, 0.1) is 0 Å². The van der Waals surface area contributed by atoms with Gasteiger partial charge in [0.15, 0.2) is 0 Å². The summed E-state index contributed by atoms with van der Waals surface area (Å²) in [4.78, 5) is 11.0. The molecule has 2 nitrogen and oxygen atoms in total. The fourth-order valence-electron chi connectivity index (χ4n) is 1.73. The maximum atomic E-state index is 11.0. The first-order valence-corrected chi connectivity index (χ1v) is 4.48. The van der Waals surface area contributed by atoms with Crippen molar-refractivity contribution in [1.29, 1.82) is 0 Å². The van der Waals surface area contributed by atoms with Crippen LogP contribution in [0.5, 0.6) is 5.75 Å². The first-order valence-electron chi connectivity index (χ1n) is 4.48. The SMILES string of the molecule is CC(=O)C1CC1c1ccc(O)cc1. The first kappa shape index (κ1) is 8.30. The zero-order chi connectivity index (χ0) is 9.42. The lowest BCUT2D eigenvalue weighted by Crippen LogP contribution is -1.94. The van der Waals surface area contributed by atoms with Crippen molar-refractivity contribution in [1.82, 2.24) is 0 Å². The third kappa shape index (κ3) is 1.57. The molecule has 1 fully saturated rings. The Labute approximate surface area is 77.2 Å². The first-order chi connectivity index (χ1) is 6.18. The van der Waals surface area contributed by atoms with E-state index in [0.717, 1.165) is 12.0 Å². The number of phenolic OH excluding ortho intramolecular Hbond substituents is 1. The topological polar surface area (TPSA) is 37.3 Å². The Bertz CT molecular complexity index is 326. The zero-order valence-corrected chi connectivity index (χ0v) is 7.53. The average Bonchev–Trinajstić information content (AvgIpc) is 2.85. The van der Waals surface area contributed by atoms with Crippen LogP contribution in [0, 0.1) is 5.92 Å². The summed E-state index contributed by atoms with van der Waals surface area (Å²) in [6.45, 7) is 1.64. The number of carbonyl (C=O) groups excluding carboxylic acids is 1. The normalized spacial score (nSPS) is 25.6. The summed E-state index contributed by atoms with van der Waals surface area (Å²) in [5.74, 6) is 1.18. The fraction of sp³-hybridized carbons (Fsp3) is 0.364. The molecular weight excluding hydrogens is 164 g/mol. The maximum absolute atomic E-state index is 11.0. The Balaban J connectivity index is 2.12. The molecule has 68 valence electrons. The molecule has 13 heavy (non-hydrogen) atoms. The number of rotatable bonds is 2. The molecular formula is C11H12O2. The van der Waals surface area contributed by atoms with Crippen molar-refractivity contribution in [3.05, 3.63) is 29.8 Å². The van der Waals surface area contributed by atoms with E-state index in [4.69, 9.17) is 5.11 Å². The van der Waals surface area contributed by atoms with Crippen molar-refractivity contribution >= 4 is 5.78 Å². The van der Waals surface area contributed by atoms with Crippen LogP contribution >= 0.6 is 0 Å². The molecule has 1 aliphatic rings. The van der Waals surface area contributed by atoms with E-state index in [1.54, 1.807) is 19.1 Å². The lowest BCUT2D eigenvalue weighted by Gasteiger charge is -1.98. The van der Waals surface area contributed by atoms with Crippen LogP contribution in [0.15, 0.2) is 24.3 Å². The molecule has 1 aromatic rings. The Morgan fingerprint density at radius 3 is 2.46 bits per heavy atom. The molecule has 0 bridgehead atoms. The summed E-state index contributed by atoms with van der Waals surface area (Å²) in [6, 6.07) is 7.13. The minimum absolute atomic E-state index is 0.226. The smallest absolute Gasteiger partial charge is 0.133 e. The highest BCUT2D eigenvalue weighted by Gasteiger charge is 2.41. The summed E-state index contributed by atoms with van der Waals surface area (Å²) in [5, 5.41) is 9.07. The molecule has 2 rings (SSSR count). The van der Waals surface area contributed by atoms with Crippen LogP contribution in [0.3, 0.4) is 0 Å². The summed E-state index contributed by atoms with van der Waals surface area (Å²) in [5.41, 5.74) is 1.16. The number of benzene rings is 1. The van der Waals surface area contributed by atoms with E-state index in [1.165, 1.54) is 0 Å². The molecule has 0 aromatic heterocycles. The Hall–Kier alpha value is -1.31. The molecule has 0 spiro atoms. The molecule has 1 saturated carbocycles. The lowest BCUT2D eigenvalue weighted by atomic mass is 10.1. The van der Waals surface area contributed by atoms with E-state index >= 15 is 0 Å². The predicted octanol–water partition coefficient (Wildman–Crippen LogP) is 2.08. The van der Waals surface area contributed by atoms with Crippen LogP contribution in [-0.2, 0) is 4.79 Å². The van der Waals surface area contributed by atoms with Crippen molar-refractivity contribution < 1.29 is 9.90 Å². The third-order valence-electron chi connectivity index (χ3n) is 2.63. The largest absolute Gasteiger partial charge is 0.508 e. The molecule has 1 N–H and O–H groups in total. The zero-order valence-electron chi connectivity index (χ0n) is 7.53. The predicted molar refractivity (Wildman–Crippen MR) is 49.6 cm³/mol. The van der Waals surface area contributed by atoms with Crippen molar-refractivity contribution in [3.63, 3.8) is 0 Å². The number of hydrogen-bond acceptors (Lipinski definition) is 2. The molecule has 0 radical (unpaired) electrons. The molecule has 1 aromatic carbocycles. The van der Waals surface area contributed by atoms with Crippen LogP contribution in [0.25, 0.3) is 0 Å². The van der Waals surface area contributed by atoms with Gasteiger partial charge in [0, 0.05) is 5.92 Å². The molecule has 2 unspecified atom stereocenters. The van der Waals surface area contributed by atoms with E-state index in [9.17, 15) is 4.79 Å². The third-order valence-corrected chi connectivity index (χ3v) is 2.63. The number of hydrogen-bond donors (Lipinski definition) is 1. The van der Waals surface area contributed by atoms with Gasteiger partial charge in [0.25, 0.3) is 0 Å². The second-order valence-corrected chi connectivity index (χ2v) is 3.65. The molecule has 0 aliphatic heterocycles. The minimum Gasteiger partial charge on any atom is -0.508 e. The summed E-state index contributed by atoms with van der Waals surface area (Å²) in [6.07, 6.45) is 0.972. The summed E-state index contributed by atoms with van der Waals surface area (Å²) >= 11 is 0. The number of phenols is 1. The molecule has 0 amide bonds. The highest BCUT2D eigenvalue weighted by atomic mass is 16.3. The quantitative estimate of drug-likeness (QED) is 0.749. The second kappa shape index (κ2) is 2.87. The monoisotopic (exact) mass is 176 g/mol. The van der Waals surface area contributed by atoms with Gasteiger partial charge in [-0.1, -0.05) is 12.1 Å². The Kier molecular flexibility index (Phi) is 1.83. The molecule has 1 aliphatic carbocycles. The van der Waals surface area contributed by atoms with Gasteiger partial charge in [-0.25, -0.2) is 0 Å².